The molecule has 0 radical (unpaired) electrons. The van der Waals surface area contributed by atoms with Crippen molar-refractivity contribution >= 4 is 6.29 Å². The van der Waals surface area contributed by atoms with Crippen molar-refractivity contribution in [3.05, 3.63) is 0 Å². The molecule has 1 saturated heterocycles. The fourth-order valence-corrected chi connectivity index (χ4v) is 2.27. The van der Waals surface area contributed by atoms with Crippen LogP contribution in [-0.2, 0) is 9.53 Å². The molecule has 0 aromatic carbocycles. The van der Waals surface area contributed by atoms with Crippen LogP contribution in [0.1, 0.15) is 33.1 Å². The van der Waals surface area contributed by atoms with Gasteiger partial charge >= 0.3 is 0 Å². The Hall–Kier alpha value is -0.440. The van der Waals surface area contributed by atoms with Gasteiger partial charge in [0.1, 0.15) is 6.29 Å². The molecular formula is C10H17FO2. The van der Waals surface area contributed by atoms with E-state index in [4.69, 9.17) is 4.74 Å². The van der Waals surface area contributed by atoms with E-state index in [-0.39, 0.29) is 12.2 Å². The molecule has 0 aromatic rings. The molecule has 2 unspecified atom stereocenters. The maximum absolute atomic E-state index is 12.3. The number of halogens is 1. The van der Waals surface area contributed by atoms with E-state index in [1.165, 1.54) is 0 Å². The third kappa shape index (κ3) is 2.50. The second kappa shape index (κ2) is 4.18. The standard InChI is InChI=1S/C10H17FO2/c1-8-5-10(7-12,3-4-11)6-9(2)13-8/h7-9H,3-6H2,1-2H3. The molecule has 1 aliphatic heterocycles. The largest absolute Gasteiger partial charge is 0.375 e. The first kappa shape index (κ1) is 10.6. The highest BCUT2D eigenvalue weighted by atomic mass is 19.1. The van der Waals surface area contributed by atoms with Crippen molar-refractivity contribution in [1.82, 2.24) is 0 Å². The molecule has 0 bridgehead atoms. The molecule has 0 aliphatic carbocycles. The Labute approximate surface area is 78.5 Å². The van der Waals surface area contributed by atoms with Crippen LogP contribution >= 0.6 is 0 Å². The van der Waals surface area contributed by atoms with Crippen LogP contribution in [0.2, 0.25) is 0 Å². The molecule has 1 heterocycles. The van der Waals surface area contributed by atoms with Crippen LogP contribution < -0.4 is 0 Å². The predicted molar refractivity (Wildman–Crippen MR) is 48.3 cm³/mol. The summed E-state index contributed by atoms with van der Waals surface area (Å²) in [6, 6.07) is 0. The monoisotopic (exact) mass is 188 g/mol. The molecule has 1 rings (SSSR count). The quantitative estimate of drug-likeness (QED) is 0.634. The number of carbonyl (C=O) groups excluding carboxylic acids is 1. The minimum atomic E-state index is -0.466. The number of aldehydes is 1. The summed E-state index contributed by atoms with van der Waals surface area (Å²) in [5.74, 6) is 0. The minimum absolute atomic E-state index is 0.0699. The summed E-state index contributed by atoms with van der Waals surface area (Å²) in [5, 5.41) is 0. The maximum Gasteiger partial charge on any atom is 0.126 e. The Morgan fingerprint density at radius 1 is 1.46 bits per heavy atom. The summed E-state index contributed by atoms with van der Waals surface area (Å²) in [4.78, 5) is 10.9. The smallest absolute Gasteiger partial charge is 0.126 e. The summed E-state index contributed by atoms with van der Waals surface area (Å²) in [5.41, 5.74) is -0.466. The van der Waals surface area contributed by atoms with Crippen molar-refractivity contribution in [2.45, 2.75) is 45.3 Å². The topological polar surface area (TPSA) is 26.3 Å². The Balaban J connectivity index is 2.67. The lowest BCUT2D eigenvalue weighted by molar-refractivity contribution is -0.133. The molecule has 1 aliphatic rings. The van der Waals surface area contributed by atoms with Crippen molar-refractivity contribution in [2.24, 2.45) is 5.41 Å². The molecule has 13 heavy (non-hydrogen) atoms. The van der Waals surface area contributed by atoms with Crippen LogP contribution in [0.5, 0.6) is 0 Å². The minimum Gasteiger partial charge on any atom is -0.375 e. The van der Waals surface area contributed by atoms with Crippen LogP contribution in [0.25, 0.3) is 0 Å². The summed E-state index contributed by atoms with van der Waals surface area (Å²) < 4.78 is 17.8. The maximum atomic E-state index is 12.3. The van der Waals surface area contributed by atoms with E-state index in [0.717, 1.165) is 6.29 Å². The normalized spacial score (nSPS) is 40.2. The molecule has 76 valence electrons. The number of alkyl halides is 1. The zero-order valence-corrected chi connectivity index (χ0v) is 8.25. The second-order valence-corrected chi connectivity index (χ2v) is 4.08. The number of hydrogen-bond donors (Lipinski definition) is 0. The van der Waals surface area contributed by atoms with Crippen molar-refractivity contribution < 1.29 is 13.9 Å². The van der Waals surface area contributed by atoms with Crippen LogP contribution in [0, 0.1) is 5.41 Å². The van der Waals surface area contributed by atoms with Crippen molar-refractivity contribution in [2.75, 3.05) is 6.67 Å². The Bertz CT molecular complexity index is 172. The molecule has 0 N–H and O–H groups in total. The summed E-state index contributed by atoms with van der Waals surface area (Å²) in [6.07, 6.45) is 2.72. The fraction of sp³-hybridized carbons (Fsp3) is 0.900. The van der Waals surface area contributed by atoms with E-state index < -0.39 is 12.1 Å². The zero-order chi connectivity index (χ0) is 9.90. The van der Waals surface area contributed by atoms with Gasteiger partial charge in [-0.1, -0.05) is 0 Å². The summed E-state index contributed by atoms with van der Waals surface area (Å²) >= 11 is 0. The average molecular weight is 188 g/mol. The molecule has 0 saturated carbocycles. The Morgan fingerprint density at radius 2 is 2.00 bits per heavy atom. The molecule has 0 amide bonds. The van der Waals surface area contributed by atoms with Crippen molar-refractivity contribution in [3.8, 4) is 0 Å². The van der Waals surface area contributed by atoms with Gasteiger partial charge in [-0.05, 0) is 33.1 Å². The van der Waals surface area contributed by atoms with E-state index in [9.17, 15) is 9.18 Å². The van der Waals surface area contributed by atoms with Gasteiger partial charge in [0, 0.05) is 5.41 Å². The van der Waals surface area contributed by atoms with Crippen molar-refractivity contribution in [3.63, 3.8) is 0 Å². The Morgan fingerprint density at radius 3 is 2.38 bits per heavy atom. The second-order valence-electron chi connectivity index (χ2n) is 4.08. The third-order valence-corrected chi connectivity index (χ3v) is 2.69. The van der Waals surface area contributed by atoms with E-state index in [1.807, 2.05) is 13.8 Å². The van der Waals surface area contributed by atoms with Gasteiger partial charge in [0.15, 0.2) is 0 Å². The summed E-state index contributed by atoms with van der Waals surface area (Å²) in [6.45, 7) is 3.45. The van der Waals surface area contributed by atoms with Gasteiger partial charge < -0.3 is 9.53 Å². The molecule has 0 spiro atoms. The first-order valence-corrected chi connectivity index (χ1v) is 4.79. The molecule has 3 heteroatoms. The van der Waals surface area contributed by atoms with Crippen LogP contribution in [0.4, 0.5) is 4.39 Å². The van der Waals surface area contributed by atoms with E-state index in [0.29, 0.717) is 19.3 Å². The summed E-state index contributed by atoms with van der Waals surface area (Å²) in [7, 11) is 0. The highest BCUT2D eigenvalue weighted by Crippen LogP contribution is 2.37. The van der Waals surface area contributed by atoms with Gasteiger partial charge in [-0.2, -0.15) is 0 Å². The lowest BCUT2D eigenvalue weighted by Crippen LogP contribution is -2.39. The van der Waals surface area contributed by atoms with Crippen LogP contribution in [0.3, 0.4) is 0 Å². The lowest BCUT2D eigenvalue weighted by atomic mass is 9.75. The third-order valence-electron chi connectivity index (χ3n) is 2.69. The van der Waals surface area contributed by atoms with Gasteiger partial charge in [-0.3, -0.25) is 4.39 Å². The predicted octanol–water partition coefficient (Wildman–Crippen LogP) is 2.12. The van der Waals surface area contributed by atoms with Gasteiger partial charge in [-0.25, -0.2) is 0 Å². The first-order valence-electron chi connectivity index (χ1n) is 4.79. The first-order chi connectivity index (χ1) is 6.12. The molecule has 1 fully saturated rings. The highest BCUT2D eigenvalue weighted by molar-refractivity contribution is 5.59. The van der Waals surface area contributed by atoms with E-state index in [1.54, 1.807) is 0 Å². The number of ether oxygens (including phenoxy) is 1. The Kier molecular flexibility index (Phi) is 3.42. The average Bonchev–Trinajstić information content (AvgIpc) is 2.03. The fourth-order valence-electron chi connectivity index (χ4n) is 2.27. The number of hydrogen-bond acceptors (Lipinski definition) is 2. The SMILES string of the molecule is CC1CC(C=O)(CCF)CC(C)O1. The number of rotatable bonds is 3. The molecule has 0 aromatic heterocycles. The molecule has 2 atom stereocenters. The highest BCUT2D eigenvalue weighted by Gasteiger charge is 2.38. The lowest BCUT2D eigenvalue weighted by Gasteiger charge is -2.38. The number of carbonyl (C=O) groups is 1. The molecule has 2 nitrogen and oxygen atoms in total. The van der Waals surface area contributed by atoms with Gasteiger partial charge in [0.05, 0.1) is 18.9 Å². The van der Waals surface area contributed by atoms with Crippen molar-refractivity contribution in [1.29, 1.82) is 0 Å². The van der Waals surface area contributed by atoms with Crippen LogP contribution in [0.15, 0.2) is 0 Å². The van der Waals surface area contributed by atoms with E-state index >= 15 is 0 Å². The van der Waals surface area contributed by atoms with Gasteiger partial charge in [-0.15, -0.1) is 0 Å². The van der Waals surface area contributed by atoms with Gasteiger partial charge in [0.2, 0.25) is 0 Å². The zero-order valence-electron chi connectivity index (χ0n) is 8.25. The van der Waals surface area contributed by atoms with Gasteiger partial charge in [0.25, 0.3) is 0 Å². The van der Waals surface area contributed by atoms with Crippen LogP contribution in [-0.4, -0.2) is 25.2 Å². The van der Waals surface area contributed by atoms with E-state index in [2.05, 4.69) is 0 Å². The molecular weight excluding hydrogens is 171 g/mol.